The van der Waals surface area contributed by atoms with Crippen LogP contribution in [-0.4, -0.2) is 28.3 Å². The summed E-state index contributed by atoms with van der Waals surface area (Å²) in [5, 5.41) is 13.6. The zero-order valence-corrected chi connectivity index (χ0v) is 19.5. The molecule has 1 saturated carbocycles. The smallest absolute Gasteiger partial charge is 0.150 e. The first-order valence-corrected chi connectivity index (χ1v) is 11.4. The van der Waals surface area contributed by atoms with Crippen LogP contribution in [0.3, 0.4) is 0 Å². The van der Waals surface area contributed by atoms with E-state index in [9.17, 15) is 9.90 Å². The van der Waals surface area contributed by atoms with E-state index in [1.165, 1.54) is 0 Å². The normalized spacial score (nSPS) is 14.8. The van der Waals surface area contributed by atoms with E-state index in [-0.39, 0.29) is 11.7 Å². The molecule has 5 nitrogen and oxygen atoms in total. The number of pyridine rings is 1. The summed E-state index contributed by atoms with van der Waals surface area (Å²) in [6, 6.07) is 21.2. The van der Waals surface area contributed by atoms with Gasteiger partial charge in [0.15, 0.2) is 0 Å². The number of benzene rings is 2. The van der Waals surface area contributed by atoms with E-state index in [4.69, 9.17) is 0 Å². The molecule has 5 heteroatoms. The molecule has 0 aliphatic heterocycles. The Morgan fingerprint density at radius 3 is 2.42 bits per heavy atom. The number of allylic oxidation sites excluding steroid dienone is 1. The lowest BCUT2D eigenvalue weighted by molar-refractivity contribution is -0.114. The van der Waals surface area contributed by atoms with Crippen LogP contribution in [0.4, 0.5) is 0 Å². The van der Waals surface area contributed by atoms with Crippen molar-refractivity contribution in [3.05, 3.63) is 95.6 Å². The average Bonchev–Trinajstić information content (AvgIpc) is 3.66. The first-order valence-electron chi connectivity index (χ1n) is 11.4. The minimum Gasteiger partial charge on any atom is -0.508 e. The van der Waals surface area contributed by atoms with Gasteiger partial charge in [0.05, 0.1) is 12.2 Å². The molecule has 2 N–H and O–H groups in total. The number of phenolic OH excluding ortho intramolecular Hbond substituents is 1. The lowest BCUT2D eigenvalue weighted by Gasteiger charge is -2.36. The molecule has 1 aliphatic rings. The van der Waals surface area contributed by atoms with Gasteiger partial charge in [-0.15, -0.1) is 0 Å². The van der Waals surface area contributed by atoms with Crippen LogP contribution in [0.15, 0.2) is 84.3 Å². The predicted octanol–water partition coefficient (Wildman–Crippen LogP) is 5.23. The van der Waals surface area contributed by atoms with E-state index < -0.39 is 5.54 Å². The number of aromatic nitrogens is 1. The molecule has 1 unspecified atom stereocenters. The highest BCUT2D eigenvalue weighted by molar-refractivity contribution is 5.73. The molecular formula is C28H31N3O2. The molecule has 4 rings (SSSR count). The number of aldehydes is 1. The van der Waals surface area contributed by atoms with Crippen LogP contribution in [0, 0.1) is 5.92 Å². The number of rotatable bonds is 9. The van der Waals surface area contributed by atoms with Crippen LogP contribution in [0.25, 0.3) is 11.1 Å². The molecule has 170 valence electrons. The number of hydrogen-bond acceptors (Lipinski definition) is 5. The third-order valence-corrected chi connectivity index (χ3v) is 6.23. The maximum Gasteiger partial charge on any atom is 0.150 e. The molecular weight excluding hydrogens is 410 g/mol. The Balaban J connectivity index is 1.70. The van der Waals surface area contributed by atoms with Crippen LogP contribution in [0.5, 0.6) is 5.75 Å². The minimum atomic E-state index is -0.822. The van der Waals surface area contributed by atoms with Crippen LogP contribution < -0.4 is 5.32 Å². The van der Waals surface area contributed by atoms with E-state index >= 15 is 0 Å². The molecule has 33 heavy (non-hydrogen) atoms. The summed E-state index contributed by atoms with van der Waals surface area (Å²) in [5.74, 6) is 1.39. The number of phenols is 1. The Bertz CT molecular complexity index is 1150. The van der Waals surface area contributed by atoms with Crippen molar-refractivity contribution in [2.75, 3.05) is 7.05 Å². The summed E-state index contributed by atoms with van der Waals surface area (Å²) < 4.78 is 0. The van der Waals surface area contributed by atoms with E-state index in [1.54, 1.807) is 18.3 Å². The number of carbonyl (C=O) groups is 1. The first-order chi connectivity index (χ1) is 15.9. The molecule has 2 aromatic carbocycles. The number of carbonyl (C=O) groups excluding carboxylic acids is 1. The number of aromatic hydroxyl groups is 1. The Hall–Kier alpha value is -3.60. The molecule has 3 aromatic rings. The zero-order valence-electron chi connectivity index (χ0n) is 19.5. The molecule has 1 fully saturated rings. The molecule has 0 radical (unpaired) electrons. The van der Waals surface area contributed by atoms with Gasteiger partial charge in [-0.1, -0.05) is 36.4 Å². The van der Waals surface area contributed by atoms with Gasteiger partial charge in [-0.2, -0.15) is 0 Å². The fourth-order valence-corrected chi connectivity index (χ4v) is 4.40. The average molecular weight is 442 g/mol. The summed E-state index contributed by atoms with van der Waals surface area (Å²) in [6.45, 7) is 4.75. The molecule has 1 aliphatic carbocycles. The first kappa shape index (κ1) is 22.6. The van der Waals surface area contributed by atoms with Crippen LogP contribution >= 0.6 is 0 Å². The summed E-state index contributed by atoms with van der Waals surface area (Å²) in [7, 11) is 2.02. The molecule has 1 heterocycles. The van der Waals surface area contributed by atoms with Crippen LogP contribution in [0.2, 0.25) is 0 Å². The highest BCUT2D eigenvalue weighted by Gasteiger charge is 2.47. The van der Waals surface area contributed by atoms with E-state index in [0.717, 1.165) is 52.9 Å². The van der Waals surface area contributed by atoms with Gasteiger partial charge in [0.25, 0.3) is 0 Å². The fraction of sp³-hybridized carbons (Fsp3) is 0.286. The highest BCUT2D eigenvalue weighted by Crippen LogP contribution is 2.46. The predicted molar refractivity (Wildman–Crippen MR) is 131 cm³/mol. The van der Waals surface area contributed by atoms with E-state index in [0.29, 0.717) is 6.54 Å². The maximum absolute atomic E-state index is 12.8. The minimum absolute atomic E-state index is 0.225. The monoisotopic (exact) mass is 441 g/mol. The van der Waals surface area contributed by atoms with Gasteiger partial charge in [0.2, 0.25) is 0 Å². The Labute approximate surface area is 195 Å². The van der Waals surface area contributed by atoms with Gasteiger partial charge < -0.3 is 20.1 Å². The zero-order chi connectivity index (χ0) is 23.4. The van der Waals surface area contributed by atoms with Crippen molar-refractivity contribution in [2.24, 2.45) is 5.92 Å². The van der Waals surface area contributed by atoms with Crippen molar-refractivity contribution in [1.82, 2.24) is 15.2 Å². The second-order valence-corrected chi connectivity index (χ2v) is 9.04. The van der Waals surface area contributed by atoms with Crippen molar-refractivity contribution in [3.8, 4) is 16.9 Å². The third kappa shape index (κ3) is 4.92. The van der Waals surface area contributed by atoms with Gasteiger partial charge in [-0.05, 0) is 85.2 Å². The van der Waals surface area contributed by atoms with Crippen LogP contribution in [0.1, 0.15) is 37.9 Å². The fourth-order valence-electron chi connectivity index (χ4n) is 4.40. The lowest BCUT2D eigenvalue weighted by Crippen LogP contribution is -2.49. The van der Waals surface area contributed by atoms with Crippen molar-refractivity contribution in [3.63, 3.8) is 0 Å². The highest BCUT2D eigenvalue weighted by atomic mass is 16.3. The lowest BCUT2D eigenvalue weighted by atomic mass is 9.84. The number of nitrogens with zero attached hydrogens (tertiary/aromatic N) is 2. The van der Waals surface area contributed by atoms with Gasteiger partial charge in [-0.25, -0.2) is 0 Å². The van der Waals surface area contributed by atoms with Crippen molar-refractivity contribution < 1.29 is 9.90 Å². The van der Waals surface area contributed by atoms with Gasteiger partial charge in [0.1, 0.15) is 23.4 Å². The third-order valence-electron chi connectivity index (χ3n) is 6.23. The number of hydrogen-bond donors (Lipinski definition) is 2. The van der Waals surface area contributed by atoms with Gasteiger partial charge >= 0.3 is 0 Å². The van der Waals surface area contributed by atoms with Crippen molar-refractivity contribution >= 4 is 6.29 Å². The maximum atomic E-state index is 12.8. The summed E-state index contributed by atoms with van der Waals surface area (Å²) >= 11 is 0. The quantitative estimate of drug-likeness (QED) is 0.445. The molecule has 1 atom stereocenters. The Morgan fingerprint density at radius 2 is 1.82 bits per heavy atom. The topological polar surface area (TPSA) is 65.5 Å². The van der Waals surface area contributed by atoms with E-state index in [2.05, 4.69) is 35.1 Å². The van der Waals surface area contributed by atoms with Crippen molar-refractivity contribution in [2.45, 2.75) is 38.8 Å². The SMILES string of the molecule is CC(C)=C(NC(C=O)(c1cccc(-c2cccc(O)c2)c1)C1CC1)N(C)Cc1ccccn1. The van der Waals surface area contributed by atoms with Crippen molar-refractivity contribution in [1.29, 1.82) is 0 Å². The summed E-state index contributed by atoms with van der Waals surface area (Å²) in [5.41, 5.74) is 4.07. The molecule has 0 spiro atoms. The Kier molecular flexibility index (Phi) is 6.50. The molecule has 1 aromatic heterocycles. The number of nitrogens with one attached hydrogen (secondary N) is 1. The molecule has 0 bridgehead atoms. The molecule has 0 amide bonds. The summed E-state index contributed by atoms with van der Waals surface area (Å²) in [4.78, 5) is 19.4. The second-order valence-electron chi connectivity index (χ2n) is 9.04. The standard InChI is InChI=1S/C28H31N3O2/c1-20(2)27(31(3)18-25-11-4-5-15-29-25)30-28(19-32,23-13-14-23)24-10-6-8-21(16-24)22-9-7-12-26(33)17-22/h4-12,15-17,19,23,30,33H,13-14,18H2,1-3H3. The van der Waals surface area contributed by atoms with Gasteiger partial charge in [0, 0.05) is 13.2 Å². The van der Waals surface area contributed by atoms with Crippen LogP contribution in [-0.2, 0) is 16.9 Å². The Morgan fingerprint density at radius 1 is 1.09 bits per heavy atom. The van der Waals surface area contributed by atoms with Gasteiger partial charge in [-0.3, -0.25) is 4.98 Å². The largest absolute Gasteiger partial charge is 0.508 e. The summed E-state index contributed by atoms with van der Waals surface area (Å²) in [6.07, 6.45) is 4.87. The van der Waals surface area contributed by atoms with E-state index in [1.807, 2.05) is 55.6 Å². The molecule has 0 saturated heterocycles. The second kappa shape index (κ2) is 9.49.